The Kier molecular flexibility index (Phi) is 4.54. The van der Waals surface area contributed by atoms with Gasteiger partial charge in [-0.25, -0.2) is 9.18 Å². The van der Waals surface area contributed by atoms with Gasteiger partial charge in [-0.3, -0.25) is 0 Å². The number of hydrogen-bond acceptors (Lipinski definition) is 2. The summed E-state index contributed by atoms with van der Waals surface area (Å²) in [5, 5.41) is 9.35. The highest BCUT2D eigenvalue weighted by molar-refractivity contribution is 7.90. The van der Waals surface area contributed by atoms with Crippen LogP contribution in [0.1, 0.15) is 29.5 Å². The number of rotatable bonds is 4. The van der Waals surface area contributed by atoms with Crippen molar-refractivity contribution in [2.24, 2.45) is 0 Å². The highest BCUT2D eigenvalue weighted by atomic mass is 32.2. The second-order valence-electron chi connectivity index (χ2n) is 6.03. The molecule has 1 aliphatic rings. The molecule has 1 aliphatic carbocycles. The normalized spacial score (nSPS) is 17.4. The zero-order chi connectivity index (χ0) is 18.3. The molecule has 0 spiro atoms. The summed E-state index contributed by atoms with van der Waals surface area (Å²) in [5.74, 6) is -1.72. The van der Waals surface area contributed by atoms with E-state index < -0.39 is 23.0 Å². The summed E-state index contributed by atoms with van der Waals surface area (Å²) in [6, 6.07) is 11.8. The van der Waals surface area contributed by atoms with E-state index in [0.29, 0.717) is 11.1 Å². The third kappa shape index (κ3) is 3.01. The van der Waals surface area contributed by atoms with E-state index in [-0.39, 0.29) is 11.5 Å². The molecule has 3 nitrogen and oxygen atoms in total. The van der Waals surface area contributed by atoms with Gasteiger partial charge >= 0.3 is 5.97 Å². The summed E-state index contributed by atoms with van der Waals surface area (Å²) < 4.78 is 25.3. The summed E-state index contributed by atoms with van der Waals surface area (Å²) in [6.07, 6.45) is 1.61. The minimum atomic E-state index is -1.12. The van der Waals surface area contributed by atoms with E-state index in [1.807, 2.05) is 19.1 Å². The van der Waals surface area contributed by atoms with Gasteiger partial charge in [-0.2, -0.15) is 0 Å². The summed E-state index contributed by atoms with van der Waals surface area (Å²) in [4.78, 5) is 12.1. The molecule has 2 atom stereocenters. The Morgan fingerprint density at radius 1 is 1.24 bits per heavy atom. The third-order valence-corrected chi connectivity index (χ3v) is 5.46. The fourth-order valence-electron chi connectivity index (χ4n) is 3.38. The van der Waals surface area contributed by atoms with Crippen molar-refractivity contribution in [3.05, 3.63) is 82.7 Å². The highest BCUT2D eigenvalue weighted by Gasteiger charge is 2.33. The first-order chi connectivity index (χ1) is 11.8. The molecule has 5 heteroatoms. The lowest BCUT2D eigenvalue weighted by Gasteiger charge is -2.15. The zero-order valence-electron chi connectivity index (χ0n) is 13.9. The molecule has 0 aromatic heterocycles. The van der Waals surface area contributed by atoms with E-state index in [1.165, 1.54) is 12.1 Å². The molecule has 0 radical (unpaired) electrons. The molecule has 3 rings (SSSR count). The van der Waals surface area contributed by atoms with Gasteiger partial charge in [0, 0.05) is 5.92 Å². The van der Waals surface area contributed by atoms with E-state index >= 15 is 0 Å². The second kappa shape index (κ2) is 6.50. The number of halogens is 1. The summed E-state index contributed by atoms with van der Waals surface area (Å²) in [6.45, 7) is 5.51. The van der Waals surface area contributed by atoms with Crippen LogP contribution in [0.25, 0.3) is 5.57 Å². The lowest BCUT2D eigenvalue weighted by Crippen LogP contribution is -2.02. The lowest BCUT2D eigenvalue weighted by atomic mass is 9.89. The molecule has 25 heavy (non-hydrogen) atoms. The molecule has 0 amide bonds. The van der Waals surface area contributed by atoms with E-state index in [0.717, 1.165) is 21.6 Å². The number of aliphatic carboxylic acids is 1. The predicted molar refractivity (Wildman–Crippen MR) is 96.4 cm³/mol. The van der Waals surface area contributed by atoms with Gasteiger partial charge in [-0.05, 0) is 64.6 Å². The SMILES string of the molecule is C=C(C(=O)O)C1=C(C)C(c2ccc([S+](C)[O-])cc2)c2ccc(F)cc21. The number of benzene rings is 2. The molecule has 0 heterocycles. The fraction of sp³-hybridized carbons (Fsp3) is 0.150. The van der Waals surface area contributed by atoms with Crippen molar-refractivity contribution in [2.45, 2.75) is 17.7 Å². The van der Waals surface area contributed by atoms with Crippen LogP contribution in [0.2, 0.25) is 0 Å². The van der Waals surface area contributed by atoms with Gasteiger partial charge in [0.1, 0.15) is 12.1 Å². The molecule has 2 unspecified atom stereocenters. The summed E-state index contributed by atoms with van der Waals surface area (Å²) in [7, 11) is 0. The van der Waals surface area contributed by atoms with Crippen molar-refractivity contribution in [1.29, 1.82) is 0 Å². The van der Waals surface area contributed by atoms with Gasteiger partial charge in [0.2, 0.25) is 0 Å². The molecule has 0 fully saturated rings. The molecule has 2 aromatic rings. The molecule has 0 saturated heterocycles. The quantitative estimate of drug-likeness (QED) is 0.662. The minimum Gasteiger partial charge on any atom is -0.612 e. The van der Waals surface area contributed by atoms with Gasteiger partial charge < -0.3 is 9.66 Å². The third-order valence-electron chi connectivity index (χ3n) is 4.53. The van der Waals surface area contributed by atoms with Crippen molar-refractivity contribution in [2.75, 3.05) is 6.26 Å². The van der Waals surface area contributed by atoms with E-state index in [2.05, 4.69) is 6.58 Å². The Morgan fingerprint density at radius 3 is 2.44 bits per heavy atom. The van der Waals surface area contributed by atoms with Gasteiger partial charge in [0.25, 0.3) is 0 Å². The maximum Gasteiger partial charge on any atom is 0.335 e. The topological polar surface area (TPSA) is 60.4 Å². The summed E-state index contributed by atoms with van der Waals surface area (Å²) >= 11 is -1.07. The number of carbonyl (C=O) groups is 1. The van der Waals surface area contributed by atoms with E-state index in [1.54, 1.807) is 24.5 Å². The average molecular weight is 356 g/mol. The number of hydrogen-bond donors (Lipinski definition) is 1. The van der Waals surface area contributed by atoms with Crippen LogP contribution in [-0.4, -0.2) is 21.9 Å². The predicted octanol–water partition coefficient (Wildman–Crippen LogP) is 4.12. The maximum atomic E-state index is 13.8. The van der Waals surface area contributed by atoms with Crippen LogP contribution < -0.4 is 0 Å². The van der Waals surface area contributed by atoms with E-state index in [9.17, 15) is 18.8 Å². The first-order valence-electron chi connectivity index (χ1n) is 7.67. The highest BCUT2D eigenvalue weighted by Crippen LogP contribution is 2.48. The molecule has 2 aromatic carbocycles. The van der Waals surface area contributed by atoms with Crippen LogP contribution in [0.3, 0.4) is 0 Å². The van der Waals surface area contributed by atoms with Crippen LogP contribution >= 0.6 is 0 Å². The first-order valence-corrected chi connectivity index (χ1v) is 9.23. The van der Waals surface area contributed by atoms with Crippen molar-refractivity contribution in [1.82, 2.24) is 0 Å². The van der Waals surface area contributed by atoms with Gasteiger partial charge in [-0.15, -0.1) is 0 Å². The standard InChI is InChI=1S/C20H17FO3S/c1-11-18(12(2)20(22)23)17-10-14(21)6-9-16(17)19(11)13-4-7-15(8-5-13)25(3)24/h4-10,19H,2H2,1,3H3,(H,22,23). The molecule has 128 valence electrons. The van der Waals surface area contributed by atoms with Crippen molar-refractivity contribution in [3.63, 3.8) is 0 Å². The molecule has 0 bridgehead atoms. The van der Waals surface area contributed by atoms with Gasteiger partial charge in [0.15, 0.2) is 4.90 Å². The minimum absolute atomic E-state index is 0.0434. The Hall–Kier alpha value is -2.37. The summed E-state index contributed by atoms with van der Waals surface area (Å²) in [5.41, 5.74) is 3.61. The molecule has 1 N–H and O–H groups in total. The van der Waals surface area contributed by atoms with Crippen molar-refractivity contribution < 1.29 is 18.8 Å². The van der Waals surface area contributed by atoms with E-state index in [4.69, 9.17) is 0 Å². The van der Waals surface area contributed by atoms with Crippen molar-refractivity contribution >= 4 is 22.7 Å². The van der Waals surface area contributed by atoms with Crippen molar-refractivity contribution in [3.8, 4) is 0 Å². The zero-order valence-corrected chi connectivity index (χ0v) is 14.7. The Labute approximate surface area is 148 Å². The number of fused-ring (bicyclic) bond motifs is 1. The average Bonchev–Trinajstić information content (AvgIpc) is 2.85. The second-order valence-corrected chi connectivity index (χ2v) is 7.41. The molecular weight excluding hydrogens is 339 g/mol. The molecule has 0 saturated carbocycles. The Balaban J connectivity index is 2.17. The van der Waals surface area contributed by atoms with Crippen LogP contribution in [0.4, 0.5) is 4.39 Å². The van der Waals surface area contributed by atoms with Gasteiger partial charge in [0.05, 0.1) is 5.57 Å². The lowest BCUT2D eigenvalue weighted by molar-refractivity contribution is -0.132. The van der Waals surface area contributed by atoms with Crippen LogP contribution in [-0.2, 0) is 16.0 Å². The molecule has 0 aliphatic heterocycles. The maximum absolute atomic E-state index is 13.8. The van der Waals surface area contributed by atoms with Crippen LogP contribution in [0.5, 0.6) is 0 Å². The fourth-order valence-corrected chi connectivity index (χ4v) is 3.90. The number of carboxylic acid groups (broad SMARTS) is 1. The smallest absolute Gasteiger partial charge is 0.335 e. The Bertz CT molecular complexity index is 898. The van der Waals surface area contributed by atoms with Gasteiger partial charge in [-0.1, -0.05) is 30.4 Å². The van der Waals surface area contributed by atoms with Crippen LogP contribution in [0.15, 0.2) is 65.1 Å². The first kappa shape index (κ1) is 17.5. The molecular formula is C20H17FO3S. The Morgan fingerprint density at radius 2 is 1.88 bits per heavy atom. The largest absolute Gasteiger partial charge is 0.612 e. The monoisotopic (exact) mass is 356 g/mol. The number of allylic oxidation sites excluding steroid dienone is 1. The number of carboxylic acids is 1. The van der Waals surface area contributed by atoms with Crippen LogP contribution in [0, 0.1) is 5.82 Å².